The minimum Gasteiger partial charge on any atom is -0.422 e. The third-order valence-corrected chi connectivity index (χ3v) is 6.32. The average Bonchev–Trinajstić information content (AvgIpc) is 2.92. The van der Waals surface area contributed by atoms with E-state index in [2.05, 4.69) is 30.0 Å². The molecule has 0 atom stereocenters. The predicted octanol–water partition coefficient (Wildman–Crippen LogP) is 7.34. The highest BCUT2D eigenvalue weighted by Crippen LogP contribution is 2.25. The Morgan fingerprint density at radius 3 is 2.22 bits per heavy atom. The van der Waals surface area contributed by atoms with Gasteiger partial charge in [-0.1, -0.05) is 84.9 Å². The molecule has 0 aliphatic heterocycles. The minimum absolute atomic E-state index is 0.00446. The Morgan fingerprint density at radius 1 is 0.892 bits per heavy atom. The number of rotatable bonds is 6. The van der Waals surface area contributed by atoms with Gasteiger partial charge >= 0.3 is 5.63 Å². The third-order valence-electron chi connectivity index (χ3n) is 6.32. The SMILES string of the molecule is Cc1c(Cc2cccc([N+](=O)[O-])c2)c(=O)oc2cc(C=C=C(c3ccccc3)c3ccccc3)ccc12. The van der Waals surface area contributed by atoms with E-state index in [1.807, 2.05) is 67.6 Å². The van der Waals surface area contributed by atoms with Crippen molar-refractivity contribution in [3.8, 4) is 0 Å². The second kappa shape index (κ2) is 10.3. The molecule has 0 aliphatic rings. The number of hydrogen-bond acceptors (Lipinski definition) is 4. The number of nitrogens with zero attached hydrogens (tertiary/aromatic N) is 1. The van der Waals surface area contributed by atoms with Gasteiger partial charge < -0.3 is 4.42 Å². The Balaban J connectivity index is 1.54. The molecular formula is C32H23NO4. The number of non-ortho nitro benzene ring substituents is 1. The average molecular weight is 486 g/mol. The number of fused-ring (bicyclic) bond motifs is 1. The molecule has 5 nitrogen and oxygen atoms in total. The predicted molar refractivity (Wildman–Crippen MR) is 146 cm³/mol. The summed E-state index contributed by atoms with van der Waals surface area (Å²) in [5.41, 5.74) is 9.38. The van der Waals surface area contributed by atoms with Crippen LogP contribution in [0.25, 0.3) is 22.6 Å². The highest BCUT2D eigenvalue weighted by molar-refractivity contribution is 5.85. The van der Waals surface area contributed by atoms with Crippen molar-refractivity contribution in [3.05, 3.63) is 163 Å². The summed E-state index contributed by atoms with van der Waals surface area (Å²) in [5.74, 6) is 0. The van der Waals surface area contributed by atoms with Gasteiger partial charge in [-0.15, -0.1) is 5.73 Å². The molecule has 0 unspecified atom stereocenters. The Morgan fingerprint density at radius 2 is 1.57 bits per heavy atom. The Bertz CT molecular complexity index is 1690. The smallest absolute Gasteiger partial charge is 0.340 e. The van der Waals surface area contributed by atoms with Gasteiger partial charge in [0.1, 0.15) is 5.58 Å². The molecule has 4 aromatic carbocycles. The molecule has 180 valence electrons. The second-order valence-electron chi connectivity index (χ2n) is 8.75. The van der Waals surface area contributed by atoms with Crippen molar-refractivity contribution in [2.75, 3.05) is 0 Å². The molecule has 1 aromatic heterocycles. The van der Waals surface area contributed by atoms with E-state index in [9.17, 15) is 14.9 Å². The van der Waals surface area contributed by atoms with Crippen LogP contribution in [0.1, 0.15) is 33.4 Å². The van der Waals surface area contributed by atoms with E-state index < -0.39 is 10.5 Å². The first kappa shape index (κ1) is 23.7. The van der Waals surface area contributed by atoms with Crippen molar-refractivity contribution in [1.82, 2.24) is 0 Å². The number of aryl methyl sites for hydroxylation is 1. The van der Waals surface area contributed by atoms with Crippen molar-refractivity contribution in [3.63, 3.8) is 0 Å². The first-order chi connectivity index (χ1) is 18.0. The molecule has 0 N–H and O–H groups in total. The van der Waals surface area contributed by atoms with Crippen molar-refractivity contribution in [2.24, 2.45) is 0 Å². The normalized spacial score (nSPS) is 10.6. The van der Waals surface area contributed by atoms with Crippen LogP contribution in [-0.4, -0.2) is 4.92 Å². The van der Waals surface area contributed by atoms with Crippen LogP contribution in [0.3, 0.4) is 0 Å². The van der Waals surface area contributed by atoms with Crippen LogP contribution in [0.4, 0.5) is 5.69 Å². The van der Waals surface area contributed by atoms with Gasteiger partial charge in [0.2, 0.25) is 0 Å². The minimum atomic E-state index is -0.442. The summed E-state index contributed by atoms with van der Waals surface area (Å²) in [6.45, 7) is 1.88. The van der Waals surface area contributed by atoms with Gasteiger partial charge in [0, 0.05) is 35.1 Å². The molecular weight excluding hydrogens is 462 g/mol. The lowest BCUT2D eigenvalue weighted by molar-refractivity contribution is -0.384. The summed E-state index contributed by atoms with van der Waals surface area (Å²) in [6, 6.07) is 32.2. The second-order valence-corrected chi connectivity index (χ2v) is 8.75. The molecule has 0 bridgehead atoms. The fourth-order valence-corrected chi connectivity index (χ4v) is 4.39. The van der Waals surface area contributed by atoms with E-state index in [4.69, 9.17) is 4.42 Å². The summed E-state index contributed by atoms with van der Waals surface area (Å²) in [7, 11) is 0. The Kier molecular flexibility index (Phi) is 6.62. The largest absolute Gasteiger partial charge is 0.422 e. The molecule has 5 heteroatoms. The van der Waals surface area contributed by atoms with E-state index in [1.165, 1.54) is 12.1 Å². The molecule has 1 heterocycles. The van der Waals surface area contributed by atoms with Crippen LogP contribution in [-0.2, 0) is 6.42 Å². The standard InChI is InChI=1S/C32H23NO4/c1-22-28-17-15-23(16-18-29(25-10-4-2-5-11-25)26-12-6-3-7-13-26)21-31(28)37-32(34)30(22)20-24-9-8-14-27(19-24)33(35)36/h2-17,19,21H,20H2,1H3. The van der Waals surface area contributed by atoms with Crippen molar-refractivity contribution in [1.29, 1.82) is 0 Å². The summed E-state index contributed by atoms with van der Waals surface area (Å²) in [4.78, 5) is 23.6. The van der Waals surface area contributed by atoms with E-state index in [0.717, 1.165) is 33.2 Å². The molecule has 0 saturated heterocycles. The fourth-order valence-electron chi connectivity index (χ4n) is 4.39. The molecule has 0 saturated carbocycles. The lowest BCUT2D eigenvalue weighted by atomic mass is 9.97. The number of hydrogen-bond donors (Lipinski definition) is 0. The van der Waals surface area contributed by atoms with Gasteiger partial charge in [0.15, 0.2) is 0 Å². The summed E-state index contributed by atoms with van der Waals surface area (Å²) in [5, 5.41) is 11.9. The molecule has 0 radical (unpaired) electrons. The van der Waals surface area contributed by atoms with Crippen molar-refractivity contribution in [2.45, 2.75) is 13.3 Å². The quantitative estimate of drug-likeness (QED) is 0.109. The molecule has 5 aromatic rings. The maximum atomic E-state index is 12.9. The van der Waals surface area contributed by atoms with E-state index in [-0.39, 0.29) is 12.1 Å². The van der Waals surface area contributed by atoms with Gasteiger partial charge in [0.05, 0.1) is 4.92 Å². The molecule has 0 aliphatic carbocycles. The lowest BCUT2D eigenvalue weighted by Gasteiger charge is -2.09. The van der Waals surface area contributed by atoms with Gasteiger partial charge in [-0.05, 0) is 46.9 Å². The maximum Gasteiger partial charge on any atom is 0.340 e. The van der Waals surface area contributed by atoms with Gasteiger partial charge in [0.25, 0.3) is 5.69 Å². The molecule has 0 spiro atoms. The zero-order chi connectivity index (χ0) is 25.8. The van der Waals surface area contributed by atoms with Crippen LogP contribution in [0, 0.1) is 17.0 Å². The van der Waals surface area contributed by atoms with E-state index in [1.54, 1.807) is 12.1 Å². The Hall–Kier alpha value is -4.99. The van der Waals surface area contributed by atoms with E-state index in [0.29, 0.717) is 16.7 Å². The summed E-state index contributed by atoms with van der Waals surface area (Å²) >= 11 is 0. The highest BCUT2D eigenvalue weighted by Gasteiger charge is 2.14. The van der Waals surface area contributed by atoms with Gasteiger partial charge in [-0.25, -0.2) is 4.79 Å². The molecule has 37 heavy (non-hydrogen) atoms. The van der Waals surface area contributed by atoms with Crippen molar-refractivity contribution >= 4 is 28.3 Å². The van der Waals surface area contributed by atoms with Crippen LogP contribution in [0.15, 0.2) is 118 Å². The summed E-state index contributed by atoms with van der Waals surface area (Å²) in [6.07, 6.45) is 2.15. The lowest BCUT2D eigenvalue weighted by Crippen LogP contribution is -2.11. The fraction of sp³-hybridized carbons (Fsp3) is 0.0625. The Labute approximate surface area is 213 Å². The number of nitro benzene ring substituents is 1. The van der Waals surface area contributed by atoms with Crippen LogP contribution < -0.4 is 5.63 Å². The molecule has 0 fully saturated rings. The zero-order valence-corrected chi connectivity index (χ0v) is 20.2. The topological polar surface area (TPSA) is 73.3 Å². The maximum absolute atomic E-state index is 12.9. The molecule has 0 amide bonds. The van der Waals surface area contributed by atoms with E-state index >= 15 is 0 Å². The highest BCUT2D eigenvalue weighted by atomic mass is 16.6. The number of benzene rings is 4. The van der Waals surface area contributed by atoms with Crippen LogP contribution >= 0.6 is 0 Å². The third kappa shape index (κ3) is 5.18. The first-order valence-corrected chi connectivity index (χ1v) is 11.9. The van der Waals surface area contributed by atoms with Gasteiger partial charge in [-0.3, -0.25) is 10.1 Å². The van der Waals surface area contributed by atoms with Crippen LogP contribution in [0.5, 0.6) is 0 Å². The monoisotopic (exact) mass is 485 g/mol. The van der Waals surface area contributed by atoms with Crippen LogP contribution in [0.2, 0.25) is 0 Å². The zero-order valence-electron chi connectivity index (χ0n) is 20.2. The first-order valence-electron chi connectivity index (χ1n) is 11.9. The van der Waals surface area contributed by atoms with Crippen molar-refractivity contribution < 1.29 is 9.34 Å². The molecule has 5 rings (SSSR count). The van der Waals surface area contributed by atoms with Gasteiger partial charge in [-0.2, -0.15) is 0 Å². The number of nitro groups is 1. The summed E-state index contributed by atoms with van der Waals surface area (Å²) < 4.78 is 5.70.